The van der Waals surface area contributed by atoms with E-state index < -0.39 is 42.1 Å². The number of hydrogen-bond acceptors (Lipinski definition) is 8. The molecule has 2 heterocycles. The number of aliphatic hydroxyl groups excluding tert-OH is 2. The number of imide groups is 1. The van der Waals surface area contributed by atoms with Crippen LogP contribution < -0.4 is 16.0 Å². The van der Waals surface area contributed by atoms with Gasteiger partial charge in [0.2, 0.25) is 0 Å². The van der Waals surface area contributed by atoms with Crippen molar-refractivity contribution in [3.05, 3.63) is 71.1 Å². The van der Waals surface area contributed by atoms with Crippen LogP contribution in [0.3, 0.4) is 0 Å². The molecule has 1 atom stereocenters. The zero-order valence-electron chi connectivity index (χ0n) is 19.2. The molecule has 2 aliphatic heterocycles. The van der Waals surface area contributed by atoms with Crippen LogP contribution >= 0.6 is 0 Å². The molecule has 2 aliphatic rings. The van der Waals surface area contributed by atoms with Gasteiger partial charge in [-0.25, -0.2) is 8.78 Å². The summed E-state index contributed by atoms with van der Waals surface area (Å²) in [5.41, 5.74) is 6.44. The second kappa shape index (κ2) is 10.3. The summed E-state index contributed by atoms with van der Waals surface area (Å²) in [6, 6.07) is 8.58. The van der Waals surface area contributed by atoms with E-state index in [1.807, 2.05) is 0 Å². The molecule has 0 saturated carbocycles. The summed E-state index contributed by atoms with van der Waals surface area (Å²) in [5.74, 6) is -3.25. The molecule has 0 spiro atoms. The van der Waals surface area contributed by atoms with Crippen molar-refractivity contribution in [3.8, 4) is 0 Å². The smallest absolute Gasteiger partial charge is 0.261 e. The molecule has 0 aliphatic carbocycles. The number of carbonyl (C=O) groups excluding carboxylic acids is 3. The number of piperazine rings is 1. The summed E-state index contributed by atoms with van der Waals surface area (Å²) in [6.45, 7) is -0.364. The molecular formula is C24H25F2N5O5. The first-order valence-corrected chi connectivity index (χ1v) is 11.2. The minimum absolute atomic E-state index is 0.0685. The predicted octanol–water partition coefficient (Wildman–Crippen LogP) is 0.475. The minimum Gasteiger partial charge on any atom is -0.399 e. The number of anilines is 2. The van der Waals surface area contributed by atoms with Gasteiger partial charge in [0.1, 0.15) is 5.69 Å². The Labute approximate surface area is 205 Å². The monoisotopic (exact) mass is 501 g/mol. The van der Waals surface area contributed by atoms with E-state index in [0.29, 0.717) is 0 Å². The first-order chi connectivity index (χ1) is 17.2. The fourth-order valence-electron chi connectivity index (χ4n) is 4.18. The number of nitrogens with one attached hydrogen (secondary N) is 1. The van der Waals surface area contributed by atoms with Crippen LogP contribution in [0.25, 0.3) is 0 Å². The van der Waals surface area contributed by atoms with Crippen LogP contribution in [0.5, 0.6) is 0 Å². The van der Waals surface area contributed by atoms with Crippen molar-refractivity contribution in [2.75, 3.05) is 49.5 Å². The molecule has 190 valence electrons. The van der Waals surface area contributed by atoms with Crippen molar-refractivity contribution in [3.63, 3.8) is 0 Å². The Morgan fingerprint density at radius 1 is 1.06 bits per heavy atom. The third-order valence-electron chi connectivity index (χ3n) is 6.03. The summed E-state index contributed by atoms with van der Waals surface area (Å²) in [6.07, 6.45) is -0.262. The number of amides is 3. The fourth-order valence-corrected chi connectivity index (χ4v) is 4.18. The van der Waals surface area contributed by atoms with E-state index >= 15 is 0 Å². The number of carbonyl (C=O) groups is 3. The van der Waals surface area contributed by atoms with Gasteiger partial charge in [-0.15, -0.1) is 0 Å². The molecule has 0 radical (unpaired) electrons. The lowest BCUT2D eigenvalue weighted by atomic mass is 10.1. The Morgan fingerprint density at radius 2 is 1.61 bits per heavy atom. The van der Waals surface area contributed by atoms with E-state index in [1.165, 1.54) is 16.0 Å². The number of nitrogens with two attached hydrogens (primary N) is 1. The topological polar surface area (TPSA) is 139 Å². The Hall–Kier alpha value is -4.03. The maximum atomic E-state index is 14.8. The Kier molecular flexibility index (Phi) is 7.17. The van der Waals surface area contributed by atoms with Gasteiger partial charge < -0.3 is 31.1 Å². The summed E-state index contributed by atoms with van der Waals surface area (Å²) < 4.78 is 29.6. The quantitative estimate of drug-likeness (QED) is 0.402. The van der Waals surface area contributed by atoms with E-state index in [4.69, 9.17) is 10.8 Å². The van der Waals surface area contributed by atoms with E-state index in [2.05, 4.69) is 5.32 Å². The maximum absolute atomic E-state index is 14.8. The molecule has 4 rings (SSSR count). The number of aliphatic hydroxyl groups is 2. The number of fused-ring (bicyclic) bond motifs is 1. The van der Waals surface area contributed by atoms with Gasteiger partial charge in [-0.2, -0.15) is 0 Å². The zero-order chi connectivity index (χ0) is 26.0. The molecule has 12 heteroatoms. The van der Waals surface area contributed by atoms with E-state index in [0.717, 1.165) is 17.0 Å². The molecule has 10 nitrogen and oxygen atoms in total. The number of hydrogen-bond donors (Lipinski definition) is 4. The van der Waals surface area contributed by atoms with Crippen molar-refractivity contribution in [1.29, 1.82) is 0 Å². The Bertz CT molecular complexity index is 1170. The highest BCUT2D eigenvalue weighted by atomic mass is 19.1. The van der Waals surface area contributed by atoms with Crippen LogP contribution in [0.2, 0.25) is 0 Å². The van der Waals surface area contributed by atoms with Crippen molar-refractivity contribution in [2.45, 2.75) is 6.10 Å². The first kappa shape index (κ1) is 25.1. The molecular weight excluding hydrogens is 476 g/mol. The molecule has 36 heavy (non-hydrogen) atoms. The molecule has 1 fully saturated rings. The average molecular weight is 501 g/mol. The highest BCUT2D eigenvalue weighted by Gasteiger charge is 2.35. The second-order valence-electron chi connectivity index (χ2n) is 8.40. The molecule has 0 aromatic heterocycles. The van der Waals surface area contributed by atoms with Crippen molar-refractivity contribution < 1.29 is 33.4 Å². The predicted molar refractivity (Wildman–Crippen MR) is 126 cm³/mol. The van der Waals surface area contributed by atoms with Crippen LogP contribution in [0.15, 0.2) is 48.3 Å². The molecule has 5 N–H and O–H groups in total. The first-order valence-electron chi connectivity index (χ1n) is 11.2. The van der Waals surface area contributed by atoms with E-state index in [9.17, 15) is 28.3 Å². The van der Waals surface area contributed by atoms with Gasteiger partial charge in [0, 0.05) is 43.8 Å². The van der Waals surface area contributed by atoms with Crippen molar-refractivity contribution >= 4 is 29.1 Å². The number of halogens is 2. The van der Waals surface area contributed by atoms with Gasteiger partial charge in [0.15, 0.2) is 17.7 Å². The standard InChI is InChI=1S/C24H25F2N5O5/c25-18-9-15(10-19(26)21(18)29-5-7-30(8-6-29)24(36)20(33)13-32)28-11-14(27)12-31-22(34)16-3-1-2-4-17(16)23(31)35/h1-4,9-11,20,28,32-33H,5-8,12-13,27H2/b14-11-. The van der Waals surface area contributed by atoms with Crippen LogP contribution in [0.4, 0.5) is 20.2 Å². The lowest BCUT2D eigenvalue weighted by molar-refractivity contribution is -0.142. The Balaban J connectivity index is 1.39. The summed E-state index contributed by atoms with van der Waals surface area (Å²) >= 11 is 0. The van der Waals surface area contributed by atoms with Gasteiger partial charge in [-0.3, -0.25) is 19.3 Å². The number of benzene rings is 2. The lowest BCUT2D eigenvalue weighted by Gasteiger charge is -2.37. The van der Waals surface area contributed by atoms with Crippen LogP contribution in [0, 0.1) is 11.6 Å². The molecule has 3 amide bonds. The highest BCUT2D eigenvalue weighted by Crippen LogP contribution is 2.28. The zero-order valence-corrected chi connectivity index (χ0v) is 19.2. The normalized spacial score (nSPS) is 16.9. The van der Waals surface area contributed by atoms with Crippen LogP contribution in [-0.2, 0) is 4.79 Å². The van der Waals surface area contributed by atoms with Crippen molar-refractivity contribution in [2.24, 2.45) is 5.73 Å². The summed E-state index contributed by atoms with van der Waals surface area (Å²) in [7, 11) is 0. The minimum atomic E-state index is -1.52. The molecule has 1 unspecified atom stereocenters. The number of rotatable bonds is 7. The van der Waals surface area contributed by atoms with Gasteiger partial charge in [0.25, 0.3) is 17.7 Å². The van der Waals surface area contributed by atoms with E-state index in [-0.39, 0.29) is 60.9 Å². The van der Waals surface area contributed by atoms with Gasteiger partial charge in [-0.05, 0) is 24.3 Å². The fraction of sp³-hybridized carbons (Fsp3) is 0.292. The Morgan fingerprint density at radius 3 is 2.14 bits per heavy atom. The molecule has 0 bridgehead atoms. The summed E-state index contributed by atoms with van der Waals surface area (Å²) in [4.78, 5) is 40.6. The maximum Gasteiger partial charge on any atom is 0.261 e. The molecule has 2 aromatic carbocycles. The largest absolute Gasteiger partial charge is 0.399 e. The highest BCUT2D eigenvalue weighted by molar-refractivity contribution is 6.21. The van der Waals surface area contributed by atoms with E-state index in [1.54, 1.807) is 24.3 Å². The summed E-state index contributed by atoms with van der Waals surface area (Å²) in [5, 5.41) is 21.1. The SMILES string of the molecule is N/C(=C\Nc1cc(F)c(N2CCN(C(=O)C(O)CO)CC2)c(F)c1)CN1C(=O)c2ccccc2C1=O. The lowest BCUT2D eigenvalue weighted by Crippen LogP contribution is -2.52. The van der Waals surface area contributed by atoms with Gasteiger partial charge >= 0.3 is 0 Å². The molecule has 1 saturated heterocycles. The molecule has 2 aromatic rings. The van der Waals surface area contributed by atoms with Crippen molar-refractivity contribution in [1.82, 2.24) is 9.80 Å². The van der Waals surface area contributed by atoms with Gasteiger partial charge in [-0.1, -0.05) is 12.1 Å². The van der Waals surface area contributed by atoms with Crippen LogP contribution in [-0.4, -0.2) is 83.2 Å². The van der Waals surface area contributed by atoms with Gasteiger partial charge in [0.05, 0.1) is 24.3 Å². The average Bonchev–Trinajstić information content (AvgIpc) is 3.11. The second-order valence-corrected chi connectivity index (χ2v) is 8.40. The van der Waals surface area contributed by atoms with Crippen LogP contribution in [0.1, 0.15) is 20.7 Å². The number of nitrogens with zero attached hydrogens (tertiary/aromatic N) is 3. The third-order valence-corrected chi connectivity index (χ3v) is 6.03. The third kappa shape index (κ3) is 4.86.